The normalized spacial score (nSPS) is 10.6. The topological polar surface area (TPSA) is 119 Å². The number of ether oxygens (including phenoxy) is 2. The summed E-state index contributed by atoms with van der Waals surface area (Å²) in [6.07, 6.45) is 1.56. The van der Waals surface area contributed by atoms with E-state index >= 15 is 0 Å². The fourth-order valence-electron chi connectivity index (χ4n) is 2.70. The number of hydrogen-bond donors (Lipinski definition) is 2. The van der Waals surface area contributed by atoms with Crippen molar-refractivity contribution in [3.63, 3.8) is 0 Å². The Morgan fingerprint density at radius 3 is 2.36 bits per heavy atom. The zero-order valence-electron chi connectivity index (χ0n) is 18.2. The summed E-state index contributed by atoms with van der Waals surface area (Å²) in [5.41, 5.74) is 1.45. The molecule has 0 saturated carbocycles. The van der Waals surface area contributed by atoms with Crippen LogP contribution in [0.1, 0.15) is 28.8 Å². The monoisotopic (exact) mass is 449 g/mol. The van der Waals surface area contributed by atoms with Crippen LogP contribution in [0.25, 0.3) is 0 Å². The number of carbonyl (C=O) groups is 3. The number of esters is 1. The Morgan fingerprint density at radius 1 is 0.970 bits per heavy atom. The number of nitrogens with one attached hydrogen (secondary N) is 2. The molecule has 9 nitrogen and oxygen atoms in total. The minimum Gasteiger partial charge on any atom is -0.497 e. The van der Waals surface area contributed by atoms with Gasteiger partial charge in [0.05, 0.1) is 37.7 Å². The highest BCUT2D eigenvalue weighted by Gasteiger charge is 2.15. The number of furan rings is 1. The number of nitrogens with zero attached hydrogens (tertiary/aromatic N) is 1. The third-order valence-electron chi connectivity index (χ3n) is 4.38. The van der Waals surface area contributed by atoms with Crippen LogP contribution >= 0.6 is 0 Å². The molecule has 3 aromatic rings. The molecule has 3 rings (SSSR count). The summed E-state index contributed by atoms with van der Waals surface area (Å²) in [5, 5.41) is 4.95. The lowest BCUT2D eigenvalue weighted by molar-refractivity contribution is -0.136. The zero-order valence-corrected chi connectivity index (χ0v) is 18.2. The molecule has 0 aliphatic rings. The molecule has 0 spiro atoms. The number of anilines is 1. The summed E-state index contributed by atoms with van der Waals surface area (Å²) in [5.74, 6) is -0.420. The molecule has 0 fully saturated rings. The van der Waals surface area contributed by atoms with Crippen molar-refractivity contribution in [1.82, 2.24) is 5.32 Å². The van der Waals surface area contributed by atoms with E-state index < -0.39 is 17.8 Å². The standard InChI is InChI=1S/C24H23N3O6/c1-3-32-24(30)16-4-6-18(7-5-16)27-23(29)22(28)26-15-21-13-12-20(33-21)14-25-17-8-10-19(31-2)11-9-17/h4-14H,3,15H2,1-2H3,(H,26,28)(H,27,29). The summed E-state index contributed by atoms with van der Waals surface area (Å²) < 4.78 is 15.6. The third-order valence-corrected chi connectivity index (χ3v) is 4.38. The van der Waals surface area contributed by atoms with Crippen LogP contribution in [0.5, 0.6) is 5.75 Å². The van der Waals surface area contributed by atoms with Gasteiger partial charge in [0.25, 0.3) is 0 Å². The quantitative estimate of drug-likeness (QED) is 0.309. The van der Waals surface area contributed by atoms with Crippen molar-refractivity contribution in [3.8, 4) is 5.75 Å². The van der Waals surface area contributed by atoms with Gasteiger partial charge in [-0.1, -0.05) is 0 Å². The first-order chi connectivity index (χ1) is 16.0. The lowest BCUT2D eigenvalue weighted by atomic mass is 10.2. The highest BCUT2D eigenvalue weighted by molar-refractivity contribution is 6.39. The van der Waals surface area contributed by atoms with Gasteiger partial charge in [0, 0.05) is 5.69 Å². The average molecular weight is 449 g/mol. The van der Waals surface area contributed by atoms with Crippen LogP contribution in [-0.4, -0.2) is 37.7 Å². The molecule has 33 heavy (non-hydrogen) atoms. The molecule has 0 aliphatic carbocycles. The van der Waals surface area contributed by atoms with E-state index in [0.29, 0.717) is 22.8 Å². The number of rotatable bonds is 8. The van der Waals surface area contributed by atoms with Gasteiger partial charge in [0.1, 0.15) is 17.3 Å². The van der Waals surface area contributed by atoms with Crippen LogP contribution in [0.2, 0.25) is 0 Å². The van der Waals surface area contributed by atoms with Gasteiger partial charge in [-0.05, 0) is 67.6 Å². The second kappa shape index (κ2) is 11.3. The first-order valence-electron chi connectivity index (χ1n) is 10.1. The molecule has 1 heterocycles. The average Bonchev–Trinajstić information content (AvgIpc) is 3.30. The van der Waals surface area contributed by atoms with E-state index in [1.54, 1.807) is 44.5 Å². The maximum absolute atomic E-state index is 12.1. The van der Waals surface area contributed by atoms with Gasteiger partial charge in [0.15, 0.2) is 0 Å². The van der Waals surface area contributed by atoms with Crippen LogP contribution in [0.15, 0.2) is 70.1 Å². The Bertz CT molecular complexity index is 1130. The van der Waals surface area contributed by atoms with Crippen molar-refractivity contribution in [3.05, 3.63) is 77.7 Å². The smallest absolute Gasteiger partial charge is 0.338 e. The second-order valence-electron chi connectivity index (χ2n) is 6.69. The molecular weight excluding hydrogens is 426 g/mol. The molecular formula is C24H23N3O6. The van der Waals surface area contributed by atoms with Gasteiger partial charge in [-0.2, -0.15) is 0 Å². The number of carbonyl (C=O) groups excluding carboxylic acids is 3. The minimum atomic E-state index is -0.841. The van der Waals surface area contributed by atoms with Gasteiger partial charge in [-0.3, -0.25) is 14.6 Å². The number of hydrogen-bond acceptors (Lipinski definition) is 7. The van der Waals surface area contributed by atoms with E-state index in [4.69, 9.17) is 13.9 Å². The van der Waals surface area contributed by atoms with E-state index in [-0.39, 0.29) is 13.2 Å². The van der Waals surface area contributed by atoms with Crippen LogP contribution in [0.3, 0.4) is 0 Å². The Labute approximate surface area is 190 Å². The van der Waals surface area contributed by atoms with Crippen molar-refractivity contribution in [2.45, 2.75) is 13.5 Å². The van der Waals surface area contributed by atoms with E-state index in [2.05, 4.69) is 15.6 Å². The Morgan fingerprint density at radius 2 is 1.70 bits per heavy atom. The maximum Gasteiger partial charge on any atom is 0.338 e. The molecule has 2 amide bonds. The Hall–Kier alpha value is -4.40. The highest BCUT2D eigenvalue weighted by atomic mass is 16.5. The Kier molecular flexibility index (Phi) is 7.96. The first kappa shape index (κ1) is 23.3. The fraction of sp³-hybridized carbons (Fsp3) is 0.167. The van der Waals surface area contributed by atoms with Crippen LogP contribution in [0, 0.1) is 0 Å². The molecule has 0 unspecified atom stereocenters. The van der Waals surface area contributed by atoms with Gasteiger partial charge < -0.3 is 24.5 Å². The summed E-state index contributed by atoms with van der Waals surface area (Å²) >= 11 is 0. The number of benzene rings is 2. The summed E-state index contributed by atoms with van der Waals surface area (Å²) in [6, 6.07) is 16.6. The van der Waals surface area contributed by atoms with E-state index in [1.807, 2.05) is 12.1 Å². The molecule has 2 N–H and O–H groups in total. The summed E-state index contributed by atoms with van der Waals surface area (Å²) in [7, 11) is 1.59. The minimum absolute atomic E-state index is 0.0322. The second-order valence-corrected chi connectivity index (χ2v) is 6.69. The number of methoxy groups -OCH3 is 1. The van der Waals surface area contributed by atoms with Crippen LogP contribution < -0.4 is 15.4 Å². The lowest BCUT2D eigenvalue weighted by Gasteiger charge is -2.06. The van der Waals surface area contributed by atoms with Crippen molar-refractivity contribution in [2.75, 3.05) is 19.0 Å². The molecule has 0 aliphatic heterocycles. The van der Waals surface area contributed by atoms with Crippen LogP contribution in [0.4, 0.5) is 11.4 Å². The van der Waals surface area contributed by atoms with Gasteiger partial charge in [-0.15, -0.1) is 0 Å². The van der Waals surface area contributed by atoms with E-state index in [1.165, 1.54) is 24.3 Å². The molecule has 0 saturated heterocycles. The van der Waals surface area contributed by atoms with Crippen molar-refractivity contribution < 1.29 is 28.3 Å². The van der Waals surface area contributed by atoms with E-state index in [0.717, 1.165) is 11.4 Å². The number of aliphatic imine (C=N–C) groups is 1. The van der Waals surface area contributed by atoms with Gasteiger partial charge in [-0.25, -0.2) is 4.79 Å². The molecule has 1 aromatic heterocycles. The number of amides is 2. The van der Waals surface area contributed by atoms with Gasteiger partial charge in [0.2, 0.25) is 0 Å². The Balaban J connectivity index is 1.48. The summed E-state index contributed by atoms with van der Waals surface area (Å²) in [6.45, 7) is 2.01. The molecule has 170 valence electrons. The van der Waals surface area contributed by atoms with Crippen molar-refractivity contribution >= 4 is 35.4 Å². The predicted octanol–water partition coefficient (Wildman–Crippen LogP) is 3.47. The maximum atomic E-state index is 12.1. The molecule has 0 bridgehead atoms. The van der Waals surface area contributed by atoms with Crippen LogP contribution in [-0.2, 0) is 20.9 Å². The highest BCUT2D eigenvalue weighted by Crippen LogP contribution is 2.18. The third kappa shape index (κ3) is 6.79. The lowest BCUT2D eigenvalue weighted by Crippen LogP contribution is -2.34. The predicted molar refractivity (Wildman–Crippen MR) is 122 cm³/mol. The zero-order chi connectivity index (χ0) is 23.6. The van der Waals surface area contributed by atoms with Crippen molar-refractivity contribution in [1.29, 1.82) is 0 Å². The van der Waals surface area contributed by atoms with Crippen molar-refractivity contribution in [2.24, 2.45) is 4.99 Å². The SMILES string of the molecule is CCOC(=O)c1ccc(NC(=O)C(=O)NCc2ccc(C=Nc3ccc(OC)cc3)o2)cc1. The van der Waals surface area contributed by atoms with Gasteiger partial charge >= 0.3 is 17.8 Å². The first-order valence-corrected chi connectivity index (χ1v) is 10.1. The molecule has 0 radical (unpaired) electrons. The molecule has 2 aromatic carbocycles. The largest absolute Gasteiger partial charge is 0.497 e. The fourth-order valence-corrected chi connectivity index (χ4v) is 2.70. The molecule has 9 heteroatoms. The summed E-state index contributed by atoms with van der Waals surface area (Å²) in [4.78, 5) is 40.1. The molecule has 0 atom stereocenters. The van der Waals surface area contributed by atoms with E-state index in [9.17, 15) is 14.4 Å².